The topological polar surface area (TPSA) is 20.3 Å². The minimum absolute atomic E-state index is 0.160. The minimum Gasteiger partial charge on any atom is -0.335 e. The van der Waals surface area contributed by atoms with E-state index in [1.54, 1.807) is 18.2 Å². The van der Waals surface area contributed by atoms with Crippen LogP contribution < -0.4 is 0 Å². The number of carbonyl (C=O) groups excluding carboxylic acids is 1. The van der Waals surface area contributed by atoms with E-state index in [1.807, 2.05) is 16.7 Å². The number of nitrogens with zero attached hydrogens (tertiary/aromatic N) is 1. The summed E-state index contributed by atoms with van der Waals surface area (Å²) in [4.78, 5) is 14.5. The quantitative estimate of drug-likeness (QED) is 0.827. The van der Waals surface area contributed by atoms with Crippen LogP contribution in [0.3, 0.4) is 0 Å². The van der Waals surface area contributed by atoms with Crippen molar-refractivity contribution >= 4 is 17.7 Å². The summed E-state index contributed by atoms with van der Waals surface area (Å²) in [5.41, 5.74) is 0.199. The van der Waals surface area contributed by atoms with Crippen molar-refractivity contribution in [1.82, 2.24) is 4.90 Å². The Morgan fingerprint density at radius 1 is 1.33 bits per heavy atom. The number of carbonyl (C=O) groups is 1. The number of amides is 1. The second-order valence-corrected chi connectivity index (χ2v) is 8.40. The summed E-state index contributed by atoms with van der Waals surface area (Å²) in [6, 6.07) is 6.50. The molecule has 4 heteroatoms. The maximum Gasteiger partial charge on any atom is 0.257 e. The first-order chi connectivity index (χ1) is 9.88. The molecule has 1 aliphatic heterocycles. The molecule has 116 valence electrons. The van der Waals surface area contributed by atoms with Crippen LogP contribution in [0.25, 0.3) is 0 Å². The van der Waals surface area contributed by atoms with Gasteiger partial charge in [0.1, 0.15) is 5.82 Å². The highest BCUT2D eigenvalue weighted by Gasteiger charge is 2.29. The van der Waals surface area contributed by atoms with Crippen molar-refractivity contribution in [1.29, 1.82) is 0 Å². The van der Waals surface area contributed by atoms with E-state index in [0.717, 1.165) is 31.6 Å². The number of hydrogen-bond acceptors (Lipinski definition) is 2. The van der Waals surface area contributed by atoms with E-state index in [9.17, 15) is 9.18 Å². The van der Waals surface area contributed by atoms with Gasteiger partial charge in [-0.15, -0.1) is 0 Å². The number of rotatable bonds is 3. The van der Waals surface area contributed by atoms with Gasteiger partial charge in [-0.05, 0) is 31.4 Å². The summed E-state index contributed by atoms with van der Waals surface area (Å²) < 4.78 is 14.0. The highest BCUT2D eigenvalue weighted by atomic mass is 32.2. The number of benzene rings is 1. The summed E-state index contributed by atoms with van der Waals surface area (Å²) >= 11 is 1.87. The van der Waals surface area contributed by atoms with Crippen molar-refractivity contribution in [2.75, 3.05) is 12.3 Å². The van der Waals surface area contributed by atoms with Gasteiger partial charge in [0.05, 0.1) is 5.56 Å². The Kier molecular flexibility index (Phi) is 5.31. The van der Waals surface area contributed by atoms with E-state index in [4.69, 9.17) is 0 Å². The van der Waals surface area contributed by atoms with Gasteiger partial charge in [0, 0.05) is 23.1 Å². The molecule has 0 saturated carbocycles. The highest BCUT2D eigenvalue weighted by molar-refractivity contribution is 8.00. The first-order valence-electron chi connectivity index (χ1n) is 7.58. The number of halogens is 1. The van der Waals surface area contributed by atoms with Gasteiger partial charge in [-0.25, -0.2) is 4.39 Å². The first kappa shape index (κ1) is 16.3. The van der Waals surface area contributed by atoms with Gasteiger partial charge in [-0.3, -0.25) is 4.79 Å². The third kappa shape index (κ3) is 4.47. The first-order valence-corrected chi connectivity index (χ1v) is 8.56. The molecular weight excluding hydrogens is 285 g/mol. The van der Waals surface area contributed by atoms with E-state index >= 15 is 0 Å². The Balaban J connectivity index is 2.11. The average Bonchev–Trinajstić information content (AvgIpc) is 2.44. The Morgan fingerprint density at radius 2 is 2.05 bits per heavy atom. The monoisotopic (exact) mass is 309 g/mol. The zero-order valence-corrected chi connectivity index (χ0v) is 13.9. The van der Waals surface area contributed by atoms with Crippen LogP contribution in [0.4, 0.5) is 4.39 Å². The van der Waals surface area contributed by atoms with Crippen LogP contribution in [0.1, 0.15) is 50.4 Å². The summed E-state index contributed by atoms with van der Waals surface area (Å²) in [7, 11) is 0. The second kappa shape index (κ2) is 6.82. The number of thioether (sulfide) groups is 1. The molecule has 1 saturated heterocycles. The third-order valence-corrected chi connectivity index (χ3v) is 5.12. The Morgan fingerprint density at radius 3 is 2.71 bits per heavy atom. The van der Waals surface area contributed by atoms with Crippen LogP contribution >= 0.6 is 11.8 Å². The maximum absolute atomic E-state index is 13.8. The highest BCUT2D eigenvalue weighted by Crippen LogP contribution is 2.29. The third-order valence-electron chi connectivity index (χ3n) is 3.70. The maximum atomic E-state index is 13.8. The van der Waals surface area contributed by atoms with Crippen LogP contribution in [-0.4, -0.2) is 33.9 Å². The second-order valence-electron chi connectivity index (χ2n) is 6.55. The molecule has 1 heterocycles. The Labute approximate surface area is 131 Å². The number of likely N-dealkylation sites (tertiary alicyclic amines) is 1. The number of piperidine rings is 1. The predicted octanol–water partition coefficient (Wildman–Crippen LogP) is 4.35. The van der Waals surface area contributed by atoms with E-state index in [1.165, 1.54) is 6.07 Å². The van der Waals surface area contributed by atoms with Gasteiger partial charge < -0.3 is 4.90 Å². The zero-order valence-electron chi connectivity index (χ0n) is 13.1. The van der Waals surface area contributed by atoms with Gasteiger partial charge in [0.25, 0.3) is 5.91 Å². The molecule has 1 aliphatic rings. The molecule has 1 atom stereocenters. The molecule has 0 radical (unpaired) electrons. The molecule has 0 unspecified atom stereocenters. The van der Waals surface area contributed by atoms with Crippen LogP contribution in [0, 0.1) is 5.82 Å². The normalized spacial score (nSPS) is 19.6. The van der Waals surface area contributed by atoms with Crippen molar-refractivity contribution in [2.24, 2.45) is 0 Å². The molecule has 1 amide bonds. The SMILES string of the molecule is CC(C)(C)SC[C@@H]1CCCCN1C(=O)c1ccccc1F. The van der Waals surface area contributed by atoms with Crippen molar-refractivity contribution < 1.29 is 9.18 Å². The lowest BCUT2D eigenvalue weighted by atomic mass is 10.0. The fourth-order valence-corrected chi connectivity index (χ4v) is 3.62. The van der Waals surface area contributed by atoms with Crippen molar-refractivity contribution in [2.45, 2.75) is 50.8 Å². The van der Waals surface area contributed by atoms with E-state index in [2.05, 4.69) is 20.8 Å². The van der Waals surface area contributed by atoms with Crippen LogP contribution in [0.15, 0.2) is 24.3 Å². The molecule has 0 aromatic heterocycles. The van der Waals surface area contributed by atoms with Crippen molar-refractivity contribution in [3.63, 3.8) is 0 Å². The molecular formula is C17H24FNOS. The predicted molar refractivity (Wildman–Crippen MR) is 87.3 cm³/mol. The summed E-state index contributed by atoms with van der Waals surface area (Å²) in [5.74, 6) is 0.339. The summed E-state index contributed by atoms with van der Waals surface area (Å²) in [6.07, 6.45) is 3.18. The average molecular weight is 309 g/mol. The van der Waals surface area contributed by atoms with Crippen LogP contribution in [0.2, 0.25) is 0 Å². The zero-order chi connectivity index (χ0) is 15.5. The summed E-state index contributed by atoms with van der Waals surface area (Å²) in [5, 5.41) is 0. The van der Waals surface area contributed by atoms with Crippen LogP contribution in [0.5, 0.6) is 0 Å². The molecule has 0 N–H and O–H groups in total. The summed E-state index contributed by atoms with van der Waals surface area (Å²) in [6.45, 7) is 7.29. The Hall–Kier alpha value is -1.03. The molecule has 0 bridgehead atoms. The lowest BCUT2D eigenvalue weighted by Gasteiger charge is -2.37. The standard InChI is InChI=1S/C17H24FNOS/c1-17(2,3)21-12-13-8-6-7-11-19(13)16(20)14-9-4-5-10-15(14)18/h4-5,9-10,13H,6-8,11-12H2,1-3H3/t13-/m0/s1. The number of hydrogen-bond donors (Lipinski definition) is 0. The fraction of sp³-hybridized carbons (Fsp3) is 0.588. The fourth-order valence-electron chi connectivity index (χ4n) is 2.58. The molecule has 1 aromatic carbocycles. The molecule has 1 aromatic rings. The molecule has 0 spiro atoms. The van der Waals surface area contributed by atoms with E-state index in [-0.39, 0.29) is 22.3 Å². The lowest BCUT2D eigenvalue weighted by molar-refractivity contribution is 0.0635. The smallest absolute Gasteiger partial charge is 0.257 e. The molecule has 21 heavy (non-hydrogen) atoms. The van der Waals surface area contributed by atoms with Gasteiger partial charge in [0.2, 0.25) is 0 Å². The molecule has 2 nitrogen and oxygen atoms in total. The molecule has 0 aliphatic carbocycles. The molecule has 1 fully saturated rings. The van der Waals surface area contributed by atoms with Gasteiger partial charge in [0.15, 0.2) is 0 Å². The van der Waals surface area contributed by atoms with Gasteiger partial charge in [-0.2, -0.15) is 11.8 Å². The van der Waals surface area contributed by atoms with Gasteiger partial charge >= 0.3 is 0 Å². The lowest BCUT2D eigenvalue weighted by Crippen LogP contribution is -2.45. The van der Waals surface area contributed by atoms with Crippen molar-refractivity contribution in [3.8, 4) is 0 Å². The minimum atomic E-state index is -0.421. The van der Waals surface area contributed by atoms with Crippen molar-refractivity contribution in [3.05, 3.63) is 35.6 Å². The van der Waals surface area contributed by atoms with E-state index in [0.29, 0.717) is 0 Å². The van der Waals surface area contributed by atoms with Gasteiger partial charge in [-0.1, -0.05) is 32.9 Å². The largest absolute Gasteiger partial charge is 0.335 e. The molecule has 2 rings (SSSR count). The Bertz CT molecular complexity index is 498. The van der Waals surface area contributed by atoms with E-state index < -0.39 is 5.82 Å². The van der Waals surface area contributed by atoms with Crippen LogP contribution in [-0.2, 0) is 0 Å².